The lowest BCUT2D eigenvalue weighted by Gasteiger charge is -2.38. The number of carbonyl (C=O) groups excluding carboxylic acids is 1. The van der Waals surface area contributed by atoms with Gasteiger partial charge in [0.1, 0.15) is 11.4 Å². The minimum absolute atomic E-state index is 0.239. The second kappa shape index (κ2) is 7.51. The maximum absolute atomic E-state index is 12.2. The summed E-state index contributed by atoms with van der Waals surface area (Å²) in [6.45, 7) is 9.13. The Hall–Kier alpha value is -1.62. The number of amides is 1. The van der Waals surface area contributed by atoms with E-state index in [1.54, 1.807) is 18.1 Å². The summed E-state index contributed by atoms with van der Waals surface area (Å²) in [7, 11) is 1.63. The number of nitrogens with one attached hydrogen (secondary N) is 1. The molecule has 1 aromatic carbocycles. The third-order valence-corrected chi connectivity index (χ3v) is 4.30. The first-order valence-electron chi connectivity index (χ1n) is 8.27. The number of nitrogens with zero attached hydrogens (tertiary/aromatic N) is 1. The Kier molecular flexibility index (Phi) is 5.86. The smallest absolute Gasteiger partial charge is 0.410 e. The number of methoxy groups -OCH3 is 1. The van der Waals surface area contributed by atoms with Crippen LogP contribution in [0, 0.1) is 5.92 Å². The van der Waals surface area contributed by atoms with Gasteiger partial charge in [0.05, 0.1) is 12.8 Å². The topological polar surface area (TPSA) is 50.8 Å². The molecule has 0 bridgehead atoms. The molecule has 1 fully saturated rings. The lowest BCUT2D eigenvalue weighted by molar-refractivity contribution is 0.0165. The molecule has 6 heteroatoms. The minimum Gasteiger partial charge on any atom is -0.495 e. The molecule has 2 rings (SSSR count). The molecule has 24 heavy (non-hydrogen) atoms. The first-order valence-corrected chi connectivity index (χ1v) is 8.65. The first-order chi connectivity index (χ1) is 11.2. The molecule has 0 aromatic heterocycles. The molecular formula is C18H27ClN2O3. The summed E-state index contributed by atoms with van der Waals surface area (Å²) in [6.07, 6.45) is 0.614. The second-order valence-electron chi connectivity index (χ2n) is 7.29. The molecular weight excluding hydrogens is 328 g/mol. The third kappa shape index (κ3) is 4.94. The van der Waals surface area contributed by atoms with Crippen LogP contribution in [-0.4, -0.2) is 42.8 Å². The van der Waals surface area contributed by atoms with Gasteiger partial charge < -0.3 is 19.7 Å². The molecule has 0 unspecified atom stereocenters. The number of benzene rings is 1. The Balaban J connectivity index is 1.98. The van der Waals surface area contributed by atoms with Crippen molar-refractivity contribution in [2.24, 2.45) is 5.92 Å². The maximum atomic E-state index is 12.2. The quantitative estimate of drug-likeness (QED) is 0.873. The van der Waals surface area contributed by atoms with Crippen molar-refractivity contribution in [2.45, 2.75) is 45.8 Å². The molecule has 1 aromatic rings. The molecule has 1 amide bonds. The van der Waals surface area contributed by atoms with Crippen molar-refractivity contribution in [3.63, 3.8) is 0 Å². The molecule has 1 aliphatic heterocycles. The van der Waals surface area contributed by atoms with E-state index in [0.29, 0.717) is 24.0 Å². The van der Waals surface area contributed by atoms with Crippen LogP contribution in [0.4, 0.5) is 10.5 Å². The number of piperidine rings is 1. The Morgan fingerprint density at radius 3 is 2.67 bits per heavy atom. The van der Waals surface area contributed by atoms with E-state index in [-0.39, 0.29) is 12.1 Å². The average Bonchev–Trinajstić information content (AvgIpc) is 2.49. The predicted octanol–water partition coefficient (Wildman–Crippen LogP) is 4.41. The number of hydrogen-bond donors (Lipinski definition) is 1. The van der Waals surface area contributed by atoms with Crippen LogP contribution in [0.2, 0.25) is 5.02 Å². The highest BCUT2D eigenvalue weighted by Gasteiger charge is 2.31. The molecule has 5 nitrogen and oxygen atoms in total. The number of anilines is 1. The second-order valence-corrected chi connectivity index (χ2v) is 7.72. The third-order valence-electron chi connectivity index (χ3n) is 4.06. The number of halogens is 1. The standard InChI is InChI=1S/C18H27ClN2O3/c1-12-11-21(17(22)24-18(2,3)4)9-8-14(12)20-15-7-6-13(19)10-16(15)23-5/h6-7,10,12,14,20H,8-9,11H2,1-5H3/t12-,14+/m0/s1. The maximum Gasteiger partial charge on any atom is 0.410 e. The molecule has 0 saturated carbocycles. The summed E-state index contributed by atoms with van der Waals surface area (Å²) in [5, 5.41) is 4.17. The Bertz CT molecular complexity index is 586. The Morgan fingerprint density at radius 2 is 2.08 bits per heavy atom. The van der Waals surface area contributed by atoms with Crippen LogP contribution in [0.15, 0.2) is 18.2 Å². The van der Waals surface area contributed by atoms with Gasteiger partial charge in [0.25, 0.3) is 0 Å². The number of hydrogen-bond acceptors (Lipinski definition) is 4. The van der Waals surface area contributed by atoms with Gasteiger partial charge in [0.2, 0.25) is 0 Å². The highest BCUT2D eigenvalue weighted by atomic mass is 35.5. The zero-order chi connectivity index (χ0) is 17.9. The van der Waals surface area contributed by atoms with E-state index in [4.69, 9.17) is 21.1 Å². The molecule has 1 heterocycles. The fraction of sp³-hybridized carbons (Fsp3) is 0.611. The molecule has 134 valence electrons. The van der Waals surface area contributed by atoms with Gasteiger partial charge in [-0.2, -0.15) is 0 Å². The molecule has 0 spiro atoms. The Morgan fingerprint density at radius 1 is 1.38 bits per heavy atom. The summed E-state index contributed by atoms with van der Waals surface area (Å²) >= 11 is 6.01. The van der Waals surface area contributed by atoms with Crippen LogP contribution >= 0.6 is 11.6 Å². The van der Waals surface area contributed by atoms with Crippen molar-refractivity contribution < 1.29 is 14.3 Å². The fourth-order valence-corrected chi connectivity index (χ4v) is 3.00. The zero-order valence-corrected chi connectivity index (χ0v) is 15.8. The van der Waals surface area contributed by atoms with E-state index in [0.717, 1.165) is 17.9 Å². The van der Waals surface area contributed by atoms with Crippen molar-refractivity contribution in [1.82, 2.24) is 4.90 Å². The number of ether oxygens (including phenoxy) is 2. The molecule has 1 aliphatic rings. The first kappa shape index (κ1) is 18.7. The lowest BCUT2D eigenvalue weighted by Crippen LogP contribution is -2.49. The zero-order valence-electron chi connectivity index (χ0n) is 15.1. The molecule has 0 radical (unpaired) electrons. The van der Waals surface area contributed by atoms with Gasteiger partial charge in [-0.15, -0.1) is 0 Å². The van der Waals surface area contributed by atoms with Crippen molar-refractivity contribution in [3.8, 4) is 5.75 Å². The van der Waals surface area contributed by atoms with Crippen LogP contribution in [0.25, 0.3) is 0 Å². The predicted molar refractivity (Wildman–Crippen MR) is 97.0 cm³/mol. The van der Waals surface area contributed by atoms with Crippen LogP contribution in [0.3, 0.4) is 0 Å². The summed E-state index contributed by atoms with van der Waals surface area (Å²) in [4.78, 5) is 14.0. The normalized spacial score (nSPS) is 21.3. The highest BCUT2D eigenvalue weighted by molar-refractivity contribution is 6.30. The summed E-state index contributed by atoms with van der Waals surface area (Å²) in [5.74, 6) is 1.02. The number of carbonyl (C=O) groups is 1. The monoisotopic (exact) mass is 354 g/mol. The van der Waals surface area contributed by atoms with Crippen LogP contribution in [0.1, 0.15) is 34.1 Å². The van der Waals surface area contributed by atoms with Crippen LogP contribution in [0.5, 0.6) is 5.75 Å². The van der Waals surface area contributed by atoms with E-state index in [1.165, 1.54) is 0 Å². The number of likely N-dealkylation sites (tertiary alicyclic amines) is 1. The average molecular weight is 355 g/mol. The van der Waals surface area contributed by atoms with Crippen molar-refractivity contribution in [2.75, 3.05) is 25.5 Å². The van der Waals surface area contributed by atoms with E-state index >= 15 is 0 Å². The van der Waals surface area contributed by atoms with E-state index in [1.807, 2.05) is 32.9 Å². The van der Waals surface area contributed by atoms with Crippen LogP contribution in [-0.2, 0) is 4.74 Å². The largest absolute Gasteiger partial charge is 0.495 e. The van der Waals surface area contributed by atoms with Gasteiger partial charge in [-0.3, -0.25) is 0 Å². The SMILES string of the molecule is COc1cc(Cl)ccc1N[C@@H]1CCN(C(=O)OC(C)(C)C)C[C@@H]1C. The highest BCUT2D eigenvalue weighted by Crippen LogP contribution is 2.31. The van der Waals surface area contributed by atoms with Crippen LogP contribution < -0.4 is 10.1 Å². The molecule has 2 atom stereocenters. The summed E-state index contributed by atoms with van der Waals surface area (Å²) in [5.41, 5.74) is 0.455. The van der Waals surface area contributed by atoms with Gasteiger partial charge in [0.15, 0.2) is 0 Å². The summed E-state index contributed by atoms with van der Waals surface area (Å²) < 4.78 is 10.8. The van der Waals surface area contributed by atoms with Gasteiger partial charge in [-0.05, 0) is 45.2 Å². The van der Waals surface area contributed by atoms with Gasteiger partial charge in [-0.25, -0.2) is 4.79 Å². The van der Waals surface area contributed by atoms with E-state index < -0.39 is 5.60 Å². The van der Waals surface area contributed by atoms with E-state index in [9.17, 15) is 4.79 Å². The number of rotatable bonds is 3. The molecule has 1 N–H and O–H groups in total. The summed E-state index contributed by atoms with van der Waals surface area (Å²) in [6, 6.07) is 5.82. The van der Waals surface area contributed by atoms with E-state index in [2.05, 4.69) is 12.2 Å². The lowest BCUT2D eigenvalue weighted by atomic mass is 9.93. The van der Waals surface area contributed by atoms with Gasteiger partial charge >= 0.3 is 6.09 Å². The van der Waals surface area contributed by atoms with Crippen molar-refractivity contribution >= 4 is 23.4 Å². The molecule has 0 aliphatic carbocycles. The van der Waals surface area contributed by atoms with Gasteiger partial charge in [0, 0.05) is 30.2 Å². The minimum atomic E-state index is -0.466. The van der Waals surface area contributed by atoms with Gasteiger partial charge in [-0.1, -0.05) is 18.5 Å². The van der Waals surface area contributed by atoms with Crippen molar-refractivity contribution in [3.05, 3.63) is 23.2 Å². The fourth-order valence-electron chi connectivity index (χ4n) is 2.84. The Labute approximate surface area is 149 Å². The molecule has 1 saturated heterocycles. The van der Waals surface area contributed by atoms with Crippen molar-refractivity contribution in [1.29, 1.82) is 0 Å².